The number of sulfone groups is 1. The monoisotopic (exact) mass is 401 g/mol. The van der Waals surface area contributed by atoms with Gasteiger partial charge in [-0.25, -0.2) is 13.2 Å². The first-order chi connectivity index (χ1) is 13.4. The quantitative estimate of drug-likeness (QED) is 0.742. The summed E-state index contributed by atoms with van der Waals surface area (Å²) < 4.78 is 28.6. The summed E-state index contributed by atoms with van der Waals surface area (Å²) >= 11 is 0. The first kappa shape index (κ1) is 19.6. The van der Waals surface area contributed by atoms with Gasteiger partial charge < -0.3 is 14.7 Å². The molecular weight excluding hydrogens is 382 g/mol. The molecule has 0 saturated heterocycles. The summed E-state index contributed by atoms with van der Waals surface area (Å²) in [6, 6.07) is 14.3. The highest BCUT2D eigenvalue weighted by Gasteiger charge is 2.31. The number of carbonyl (C=O) groups excluding carboxylic acids is 2. The maximum absolute atomic E-state index is 12.7. The molecule has 0 radical (unpaired) electrons. The minimum absolute atomic E-state index is 0.0479. The van der Waals surface area contributed by atoms with Crippen LogP contribution in [-0.4, -0.2) is 48.7 Å². The van der Waals surface area contributed by atoms with Gasteiger partial charge in [0.2, 0.25) is 0 Å². The zero-order chi connectivity index (χ0) is 20.1. The van der Waals surface area contributed by atoms with E-state index in [1.165, 1.54) is 23.1 Å². The fourth-order valence-electron chi connectivity index (χ4n) is 2.86. The first-order valence-electron chi connectivity index (χ1n) is 8.55. The molecule has 0 bridgehead atoms. The van der Waals surface area contributed by atoms with Crippen molar-refractivity contribution >= 4 is 21.7 Å². The van der Waals surface area contributed by atoms with Crippen LogP contribution in [0.1, 0.15) is 15.9 Å². The van der Waals surface area contributed by atoms with E-state index < -0.39 is 34.4 Å². The largest absolute Gasteiger partial charge is 0.507 e. The lowest BCUT2D eigenvalue weighted by Crippen LogP contribution is -2.42. The van der Waals surface area contributed by atoms with E-state index in [1.54, 1.807) is 12.1 Å². The van der Waals surface area contributed by atoms with Crippen LogP contribution in [0.25, 0.3) is 0 Å². The van der Waals surface area contributed by atoms with Gasteiger partial charge in [0.05, 0.1) is 11.8 Å². The minimum Gasteiger partial charge on any atom is -0.507 e. The van der Waals surface area contributed by atoms with Crippen molar-refractivity contribution in [1.82, 2.24) is 4.90 Å². The Morgan fingerprint density at radius 1 is 1.07 bits per heavy atom. The molecule has 2 aromatic rings. The summed E-state index contributed by atoms with van der Waals surface area (Å²) in [5, 5.41) is 10.8. The lowest BCUT2D eigenvalue weighted by Gasteiger charge is -2.27. The average molecular weight is 401 g/mol. The maximum atomic E-state index is 12.7. The Kier molecular flexibility index (Phi) is 5.79. The third-order valence-electron chi connectivity index (χ3n) is 4.28. The fraction of sp³-hybridized carbons (Fsp3) is 0.200. The second kappa shape index (κ2) is 8.26. The van der Waals surface area contributed by atoms with Crippen molar-refractivity contribution in [3.05, 3.63) is 77.2 Å². The van der Waals surface area contributed by atoms with Crippen LogP contribution in [0.4, 0.5) is 0 Å². The van der Waals surface area contributed by atoms with Gasteiger partial charge in [-0.2, -0.15) is 0 Å². The van der Waals surface area contributed by atoms with Crippen LogP contribution in [0.15, 0.2) is 66.1 Å². The van der Waals surface area contributed by atoms with Crippen LogP contribution in [0.3, 0.4) is 0 Å². The number of carbonyl (C=O) groups is 2. The Bertz CT molecular complexity index is 1000. The number of esters is 1. The van der Waals surface area contributed by atoms with Gasteiger partial charge >= 0.3 is 5.97 Å². The highest BCUT2D eigenvalue weighted by atomic mass is 32.2. The molecule has 28 heavy (non-hydrogen) atoms. The van der Waals surface area contributed by atoms with Crippen LogP contribution in [0.2, 0.25) is 0 Å². The number of benzene rings is 2. The van der Waals surface area contributed by atoms with Crippen LogP contribution in [-0.2, 0) is 25.9 Å². The van der Waals surface area contributed by atoms with E-state index in [9.17, 15) is 23.1 Å². The van der Waals surface area contributed by atoms with Crippen molar-refractivity contribution in [2.24, 2.45) is 0 Å². The molecule has 1 amide bonds. The Morgan fingerprint density at radius 2 is 1.75 bits per heavy atom. The number of aromatic hydroxyl groups is 1. The molecule has 1 N–H and O–H groups in total. The normalized spacial score (nSPS) is 17.2. The summed E-state index contributed by atoms with van der Waals surface area (Å²) in [5.41, 5.74) is 0.772. The van der Waals surface area contributed by atoms with Crippen LogP contribution >= 0.6 is 0 Å². The second-order valence-electron chi connectivity index (χ2n) is 6.33. The van der Waals surface area contributed by atoms with Crippen molar-refractivity contribution in [3.8, 4) is 5.75 Å². The molecule has 8 heteroatoms. The number of para-hydroxylation sites is 1. The van der Waals surface area contributed by atoms with Gasteiger partial charge in [0, 0.05) is 12.0 Å². The van der Waals surface area contributed by atoms with Gasteiger partial charge in [-0.1, -0.05) is 42.5 Å². The van der Waals surface area contributed by atoms with Crippen molar-refractivity contribution in [2.45, 2.75) is 12.6 Å². The van der Waals surface area contributed by atoms with Gasteiger partial charge in [0.25, 0.3) is 5.91 Å². The molecule has 0 spiro atoms. The topological polar surface area (TPSA) is 101 Å². The lowest BCUT2D eigenvalue weighted by molar-refractivity contribution is -0.136. The van der Waals surface area contributed by atoms with E-state index in [2.05, 4.69) is 0 Å². The van der Waals surface area contributed by atoms with Crippen molar-refractivity contribution < 1.29 is 27.9 Å². The van der Waals surface area contributed by atoms with Gasteiger partial charge in [-0.15, -0.1) is 0 Å². The van der Waals surface area contributed by atoms with E-state index in [1.807, 2.05) is 30.3 Å². The number of phenols is 1. The number of ether oxygens (including phenoxy) is 1. The molecule has 1 aliphatic rings. The summed E-state index contributed by atoms with van der Waals surface area (Å²) in [6.07, 6.45) is 1.46. The molecule has 0 saturated carbocycles. The number of rotatable bonds is 6. The second-order valence-corrected chi connectivity index (χ2v) is 8.26. The number of hydrogen-bond acceptors (Lipinski definition) is 6. The smallest absolute Gasteiger partial charge is 0.342 e. The zero-order valence-electron chi connectivity index (χ0n) is 14.9. The SMILES string of the molecule is O=C(OCC(=O)N(Cc1ccccc1)[C@H]1C=CS(=O)(=O)C1)c1ccccc1O. The molecule has 7 nitrogen and oxygen atoms in total. The molecule has 0 aliphatic carbocycles. The summed E-state index contributed by atoms with van der Waals surface area (Å²) in [5.74, 6) is -1.81. The predicted molar refractivity (Wildman–Crippen MR) is 102 cm³/mol. The Labute approximate surface area is 162 Å². The highest BCUT2D eigenvalue weighted by Crippen LogP contribution is 2.19. The lowest BCUT2D eigenvalue weighted by atomic mass is 10.1. The van der Waals surface area contributed by atoms with Crippen molar-refractivity contribution in [1.29, 1.82) is 0 Å². The fourth-order valence-corrected chi connectivity index (χ4v) is 4.16. The molecule has 0 fully saturated rings. The summed E-state index contributed by atoms with van der Waals surface area (Å²) in [6.45, 7) is -0.386. The number of phenolic OH excluding ortho intramolecular Hbond substituents is 1. The van der Waals surface area contributed by atoms with Crippen LogP contribution < -0.4 is 0 Å². The number of nitrogens with zero attached hydrogens (tertiary/aromatic N) is 1. The van der Waals surface area contributed by atoms with Crippen molar-refractivity contribution in [3.63, 3.8) is 0 Å². The van der Waals surface area contributed by atoms with E-state index in [0.29, 0.717) is 0 Å². The van der Waals surface area contributed by atoms with E-state index in [4.69, 9.17) is 4.74 Å². The Morgan fingerprint density at radius 3 is 2.39 bits per heavy atom. The standard InChI is InChI=1S/C20H19NO6S/c22-18-9-5-4-8-17(18)20(24)27-13-19(23)21(12-15-6-2-1-3-7-15)16-10-11-28(25,26)14-16/h1-11,16,22H,12-14H2/t16-/m0/s1. The van der Waals surface area contributed by atoms with Gasteiger partial charge in [-0.05, 0) is 23.8 Å². The molecule has 1 heterocycles. The van der Waals surface area contributed by atoms with Gasteiger partial charge in [0.1, 0.15) is 11.3 Å². The molecule has 2 aromatic carbocycles. The molecule has 1 aliphatic heterocycles. The van der Waals surface area contributed by atoms with E-state index >= 15 is 0 Å². The maximum Gasteiger partial charge on any atom is 0.342 e. The third-order valence-corrected chi connectivity index (χ3v) is 5.66. The van der Waals surface area contributed by atoms with E-state index in [0.717, 1.165) is 11.0 Å². The average Bonchev–Trinajstić information content (AvgIpc) is 3.04. The molecule has 3 rings (SSSR count). The summed E-state index contributed by atoms with van der Waals surface area (Å²) in [7, 11) is -3.36. The molecule has 146 valence electrons. The van der Waals surface area contributed by atoms with Crippen LogP contribution in [0, 0.1) is 0 Å². The van der Waals surface area contributed by atoms with Gasteiger partial charge in [0.15, 0.2) is 16.4 Å². The Hall–Kier alpha value is -3.13. The van der Waals surface area contributed by atoms with Crippen molar-refractivity contribution in [2.75, 3.05) is 12.4 Å². The van der Waals surface area contributed by atoms with Crippen LogP contribution in [0.5, 0.6) is 5.75 Å². The highest BCUT2D eigenvalue weighted by molar-refractivity contribution is 7.94. The zero-order valence-corrected chi connectivity index (χ0v) is 15.7. The minimum atomic E-state index is -3.36. The Balaban J connectivity index is 1.72. The number of amides is 1. The molecule has 1 atom stereocenters. The molecular formula is C20H19NO6S. The first-order valence-corrected chi connectivity index (χ1v) is 10.3. The van der Waals surface area contributed by atoms with Gasteiger partial charge in [-0.3, -0.25) is 4.79 Å². The summed E-state index contributed by atoms with van der Waals surface area (Å²) in [4.78, 5) is 26.2. The molecule has 0 unspecified atom stereocenters. The number of hydrogen-bond donors (Lipinski definition) is 1. The van der Waals surface area contributed by atoms with E-state index in [-0.39, 0.29) is 23.6 Å². The molecule has 0 aromatic heterocycles. The predicted octanol–water partition coefficient (Wildman–Crippen LogP) is 1.89. The third kappa shape index (κ3) is 4.77.